The number of hydrogen-bond donors (Lipinski definition) is 2. The number of rotatable bonds is 10. The molecule has 0 amide bonds. The second-order valence-corrected chi connectivity index (χ2v) is 8.23. The molecule has 0 aromatic heterocycles. The van der Waals surface area contributed by atoms with Crippen molar-refractivity contribution in [1.29, 1.82) is 0 Å². The van der Waals surface area contributed by atoms with Crippen molar-refractivity contribution < 1.29 is 14.6 Å². The number of nitrogens with one attached hydrogen (secondary N) is 1. The van der Waals surface area contributed by atoms with Gasteiger partial charge in [-0.1, -0.05) is 128 Å². The third kappa shape index (κ3) is 5.34. The maximum Gasteiger partial charge on any atom is 0.339 e. The third-order valence-electron chi connectivity index (χ3n) is 6.03. The molecule has 0 aliphatic carbocycles. The lowest BCUT2D eigenvalue weighted by molar-refractivity contribution is -0.130. The fourth-order valence-corrected chi connectivity index (χ4v) is 4.30. The van der Waals surface area contributed by atoms with Crippen molar-refractivity contribution >= 4 is 11.5 Å². The maximum atomic E-state index is 12.0. The summed E-state index contributed by atoms with van der Waals surface area (Å²) in [5, 5.41) is 13.6. The quantitative estimate of drug-likeness (QED) is 0.123. The number of ether oxygens (including phenoxy) is 1. The van der Waals surface area contributed by atoms with E-state index in [1.807, 2.05) is 79.7 Å². The summed E-state index contributed by atoms with van der Waals surface area (Å²) in [5.41, 5.74) is 3.17. The predicted octanol–water partition coefficient (Wildman–Crippen LogP) is 6.45. The molecular formula is C31H29NO3. The van der Waals surface area contributed by atoms with E-state index in [0.29, 0.717) is 12.0 Å². The van der Waals surface area contributed by atoms with E-state index in [0.717, 1.165) is 16.7 Å². The average molecular weight is 464 g/mol. The maximum absolute atomic E-state index is 12.0. The summed E-state index contributed by atoms with van der Waals surface area (Å²) in [5.74, 6) is -1.04. The van der Waals surface area contributed by atoms with Crippen molar-refractivity contribution in [2.75, 3.05) is 0 Å². The van der Waals surface area contributed by atoms with Gasteiger partial charge in [-0.25, -0.2) is 4.79 Å². The highest BCUT2D eigenvalue weighted by atomic mass is 16.5. The summed E-state index contributed by atoms with van der Waals surface area (Å²) in [4.78, 5) is 12.0. The highest BCUT2D eigenvalue weighted by Gasteiger charge is 2.38. The third-order valence-corrected chi connectivity index (χ3v) is 6.03. The molecule has 0 bridgehead atoms. The first-order chi connectivity index (χ1) is 17.1. The van der Waals surface area contributed by atoms with Crippen LogP contribution in [0.25, 0.3) is 5.57 Å². The van der Waals surface area contributed by atoms with Gasteiger partial charge in [-0.15, -0.1) is 0 Å². The SMILES string of the molecule is CCC(NC(c1ccccc1)(c1ccccc1)c1ccccc1)OC=C(C(=O)O)c1ccccc1. The Balaban J connectivity index is 1.80. The smallest absolute Gasteiger partial charge is 0.339 e. The Morgan fingerprint density at radius 1 is 0.771 bits per heavy atom. The first-order valence-corrected chi connectivity index (χ1v) is 11.7. The average Bonchev–Trinajstić information content (AvgIpc) is 2.92. The summed E-state index contributed by atoms with van der Waals surface area (Å²) >= 11 is 0. The van der Waals surface area contributed by atoms with Gasteiger partial charge in [0.2, 0.25) is 0 Å². The molecule has 0 aliphatic rings. The van der Waals surface area contributed by atoms with Crippen LogP contribution in [0.5, 0.6) is 0 Å². The van der Waals surface area contributed by atoms with E-state index in [9.17, 15) is 9.90 Å². The molecule has 0 heterocycles. The highest BCUT2D eigenvalue weighted by molar-refractivity contribution is 6.15. The van der Waals surface area contributed by atoms with Gasteiger partial charge >= 0.3 is 5.97 Å². The molecule has 0 saturated heterocycles. The lowest BCUT2D eigenvalue weighted by Crippen LogP contribution is -2.50. The molecule has 4 rings (SSSR count). The first-order valence-electron chi connectivity index (χ1n) is 11.7. The molecule has 0 spiro atoms. The zero-order valence-electron chi connectivity index (χ0n) is 19.7. The topological polar surface area (TPSA) is 58.6 Å². The Labute approximate surface area is 206 Å². The van der Waals surface area contributed by atoms with Gasteiger partial charge < -0.3 is 9.84 Å². The summed E-state index contributed by atoms with van der Waals surface area (Å²) in [6.45, 7) is 2.01. The molecule has 4 aromatic carbocycles. The first kappa shape index (κ1) is 24.0. The molecule has 176 valence electrons. The number of carboxylic acids is 1. The number of benzene rings is 4. The standard InChI is InChI=1S/C31H29NO3/c1-2-29(35-23-28(30(33)34)24-15-7-3-8-16-24)32-31(25-17-9-4-10-18-25,26-19-11-5-12-20-26)27-21-13-6-14-22-27/h3-23,29,32H,2H2,1H3,(H,33,34). The zero-order valence-corrected chi connectivity index (χ0v) is 19.7. The number of aliphatic carboxylic acids is 1. The van der Waals surface area contributed by atoms with Crippen LogP contribution >= 0.6 is 0 Å². The van der Waals surface area contributed by atoms with Crippen molar-refractivity contribution in [1.82, 2.24) is 5.32 Å². The Bertz CT molecular complexity index is 1140. The summed E-state index contributed by atoms with van der Waals surface area (Å²) in [6, 6.07) is 39.8. The van der Waals surface area contributed by atoms with E-state index in [1.54, 1.807) is 12.1 Å². The normalized spacial score (nSPS) is 12.7. The van der Waals surface area contributed by atoms with Gasteiger partial charge in [0.1, 0.15) is 18.1 Å². The van der Waals surface area contributed by atoms with Crippen LogP contribution in [0.1, 0.15) is 35.6 Å². The van der Waals surface area contributed by atoms with Gasteiger partial charge in [-0.05, 0) is 28.7 Å². The Morgan fingerprint density at radius 3 is 1.54 bits per heavy atom. The minimum atomic E-state index is -1.04. The largest absolute Gasteiger partial charge is 0.482 e. The summed E-state index contributed by atoms with van der Waals surface area (Å²) in [7, 11) is 0. The van der Waals surface area contributed by atoms with Crippen LogP contribution in [-0.2, 0) is 15.1 Å². The van der Waals surface area contributed by atoms with E-state index in [4.69, 9.17) is 4.74 Å². The Morgan fingerprint density at radius 2 is 1.17 bits per heavy atom. The predicted molar refractivity (Wildman–Crippen MR) is 140 cm³/mol. The molecule has 0 radical (unpaired) electrons. The van der Waals surface area contributed by atoms with Crippen LogP contribution in [-0.4, -0.2) is 17.3 Å². The Kier molecular flexibility index (Phi) is 7.76. The zero-order chi connectivity index (χ0) is 24.5. The van der Waals surface area contributed by atoms with Crippen LogP contribution in [0.3, 0.4) is 0 Å². The van der Waals surface area contributed by atoms with Crippen molar-refractivity contribution in [3.8, 4) is 0 Å². The van der Waals surface area contributed by atoms with Crippen molar-refractivity contribution in [2.45, 2.75) is 25.1 Å². The van der Waals surface area contributed by atoms with E-state index in [1.165, 1.54) is 6.26 Å². The van der Waals surface area contributed by atoms with Crippen LogP contribution in [0, 0.1) is 0 Å². The molecule has 2 N–H and O–H groups in total. The second kappa shape index (κ2) is 11.3. The van der Waals surface area contributed by atoms with Crippen molar-refractivity contribution in [3.63, 3.8) is 0 Å². The lowest BCUT2D eigenvalue weighted by Gasteiger charge is -2.39. The van der Waals surface area contributed by atoms with Gasteiger partial charge in [0, 0.05) is 0 Å². The van der Waals surface area contributed by atoms with Crippen LogP contribution in [0.15, 0.2) is 128 Å². The van der Waals surface area contributed by atoms with Crippen molar-refractivity contribution in [2.24, 2.45) is 0 Å². The molecule has 0 saturated carbocycles. The van der Waals surface area contributed by atoms with Crippen LogP contribution in [0.2, 0.25) is 0 Å². The van der Waals surface area contributed by atoms with Gasteiger partial charge in [-0.3, -0.25) is 5.32 Å². The molecule has 1 unspecified atom stereocenters. The van der Waals surface area contributed by atoms with E-state index < -0.39 is 17.7 Å². The van der Waals surface area contributed by atoms with Crippen LogP contribution in [0.4, 0.5) is 0 Å². The second-order valence-electron chi connectivity index (χ2n) is 8.23. The minimum absolute atomic E-state index is 0.107. The Hall–Kier alpha value is -4.15. The van der Waals surface area contributed by atoms with Crippen LogP contribution < -0.4 is 5.32 Å². The van der Waals surface area contributed by atoms with Gasteiger partial charge in [0.15, 0.2) is 0 Å². The van der Waals surface area contributed by atoms with E-state index >= 15 is 0 Å². The number of hydrogen-bond acceptors (Lipinski definition) is 3. The molecule has 0 aliphatic heterocycles. The van der Waals surface area contributed by atoms with Crippen molar-refractivity contribution in [3.05, 3.63) is 150 Å². The number of carbonyl (C=O) groups is 1. The van der Waals surface area contributed by atoms with Gasteiger partial charge in [0.05, 0.1) is 5.54 Å². The van der Waals surface area contributed by atoms with Gasteiger partial charge in [-0.2, -0.15) is 0 Å². The minimum Gasteiger partial charge on any atom is -0.482 e. The fourth-order valence-electron chi connectivity index (χ4n) is 4.30. The number of carboxylic acid groups (broad SMARTS) is 1. The lowest BCUT2D eigenvalue weighted by atomic mass is 9.77. The molecule has 35 heavy (non-hydrogen) atoms. The fraction of sp³-hybridized carbons (Fsp3) is 0.129. The molecule has 0 fully saturated rings. The molecule has 4 nitrogen and oxygen atoms in total. The highest BCUT2D eigenvalue weighted by Crippen LogP contribution is 2.37. The monoisotopic (exact) mass is 463 g/mol. The molecule has 4 heteroatoms. The summed E-state index contributed by atoms with van der Waals surface area (Å²) < 4.78 is 6.14. The molecule has 1 atom stereocenters. The van der Waals surface area contributed by atoms with E-state index in [-0.39, 0.29) is 5.57 Å². The summed E-state index contributed by atoms with van der Waals surface area (Å²) in [6.07, 6.45) is 1.51. The van der Waals surface area contributed by atoms with E-state index in [2.05, 4.69) is 41.7 Å². The van der Waals surface area contributed by atoms with Gasteiger partial charge in [0.25, 0.3) is 0 Å². The molecule has 4 aromatic rings. The molecular weight excluding hydrogens is 434 g/mol.